The number of fused-ring (bicyclic) bond motifs is 2. The number of hydrogen-bond acceptors (Lipinski definition) is 2. The van der Waals surface area contributed by atoms with Gasteiger partial charge in [0.05, 0.1) is 0 Å². The summed E-state index contributed by atoms with van der Waals surface area (Å²) in [7, 11) is 2.32. The van der Waals surface area contributed by atoms with Gasteiger partial charge in [-0.05, 0) is 56.0 Å². The monoisotopic (exact) mass is 266 g/mol. The minimum absolute atomic E-state index is 0.346. The van der Waals surface area contributed by atoms with E-state index in [-0.39, 0.29) is 0 Å². The summed E-state index contributed by atoms with van der Waals surface area (Å²) >= 11 is 0. The quantitative estimate of drug-likeness (QED) is 0.793. The molecule has 0 spiro atoms. The minimum Gasteiger partial charge on any atom is -0.312 e. The van der Waals surface area contributed by atoms with Crippen LogP contribution in [0.3, 0.4) is 0 Å². The van der Waals surface area contributed by atoms with E-state index in [1.54, 1.807) is 0 Å². The zero-order valence-electron chi connectivity index (χ0n) is 13.7. The Morgan fingerprint density at radius 1 is 1.21 bits per heavy atom. The Labute approximate surface area is 120 Å². The zero-order chi connectivity index (χ0) is 14.0. The van der Waals surface area contributed by atoms with Crippen molar-refractivity contribution in [1.82, 2.24) is 10.2 Å². The molecule has 2 bridgehead atoms. The third-order valence-corrected chi connectivity index (χ3v) is 5.42. The molecule has 2 rings (SSSR count). The molecule has 0 aromatic carbocycles. The van der Waals surface area contributed by atoms with Crippen molar-refractivity contribution in [2.45, 2.75) is 59.4 Å². The van der Waals surface area contributed by atoms with Crippen LogP contribution in [-0.2, 0) is 0 Å². The Morgan fingerprint density at radius 2 is 1.95 bits per heavy atom. The summed E-state index contributed by atoms with van der Waals surface area (Å²) in [6.07, 6.45) is 6.08. The first-order valence-electron chi connectivity index (χ1n) is 8.32. The van der Waals surface area contributed by atoms with Crippen LogP contribution in [0.2, 0.25) is 0 Å². The van der Waals surface area contributed by atoms with Gasteiger partial charge in [0.25, 0.3) is 0 Å². The van der Waals surface area contributed by atoms with Crippen molar-refractivity contribution in [3.63, 3.8) is 0 Å². The molecule has 1 N–H and O–H groups in total. The molecule has 2 saturated carbocycles. The maximum atomic E-state index is 3.67. The molecule has 112 valence electrons. The zero-order valence-corrected chi connectivity index (χ0v) is 13.7. The first-order valence-corrected chi connectivity index (χ1v) is 8.32. The third kappa shape index (κ3) is 3.95. The molecule has 19 heavy (non-hydrogen) atoms. The highest BCUT2D eigenvalue weighted by Gasteiger charge is 2.39. The van der Waals surface area contributed by atoms with Crippen molar-refractivity contribution < 1.29 is 0 Å². The van der Waals surface area contributed by atoms with E-state index in [1.807, 2.05) is 0 Å². The maximum Gasteiger partial charge on any atom is 0.0243 e. The first kappa shape index (κ1) is 15.3. The van der Waals surface area contributed by atoms with Gasteiger partial charge in [0.1, 0.15) is 0 Å². The van der Waals surface area contributed by atoms with Crippen molar-refractivity contribution in [2.75, 3.05) is 26.7 Å². The summed E-state index contributed by atoms with van der Waals surface area (Å²) in [4.78, 5) is 2.59. The molecule has 2 heteroatoms. The van der Waals surface area contributed by atoms with Crippen molar-refractivity contribution >= 4 is 0 Å². The molecule has 4 unspecified atom stereocenters. The molecule has 0 aromatic heterocycles. The Bertz CT molecular complexity index is 281. The standard InChI is InChI=1S/C17H34N2/c1-6-18-16(17(2,3)4)12-19(5)11-15-10-13-7-8-14(15)9-13/h13-16,18H,6-12H2,1-5H3. The highest BCUT2D eigenvalue weighted by molar-refractivity contribution is 4.91. The predicted molar refractivity (Wildman–Crippen MR) is 83.4 cm³/mol. The highest BCUT2D eigenvalue weighted by Crippen LogP contribution is 2.48. The molecular formula is C17H34N2. The van der Waals surface area contributed by atoms with Crippen molar-refractivity contribution in [1.29, 1.82) is 0 Å². The number of likely N-dealkylation sites (N-methyl/N-ethyl adjacent to an activating group) is 2. The number of nitrogens with one attached hydrogen (secondary N) is 1. The van der Waals surface area contributed by atoms with E-state index in [4.69, 9.17) is 0 Å². The summed E-state index contributed by atoms with van der Waals surface area (Å²) in [5.41, 5.74) is 0.346. The normalized spacial score (nSPS) is 32.2. The van der Waals surface area contributed by atoms with Crippen LogP contribution < -0.4 is 5.32 Å². The minimum atomic E-state index is 0.346. The molecule has 2 nitrogen and oxygen atoms in total. The Kier molecular flexibility index (Phi) is 4.94. The fourth-order valence-corrected chi connectivity index (χ4v) is 4.28. The van der Waals surface area contributed by atoms with E-state index in [0.717, 1.165) is 24.3 Å². The van der Waals surface area contributed by atoms with E-state index >= 15 is 0 Å². The van der Waals surface area contributed by atoms with Gasteiger partial charge >= 0.3 is 0 Å². The molecule has 2 aliphatic carbocycles. The van der Waals surface area contributed by atoms with Crippen molar-refractivity contribution in [2.24, 2.45) is 23.2 Å². The van der Waals surface area contributed by atoms with Crippen LogP contribution in [0.5, 0.6) is 0 Å². The molecule has 0 aromatic rings. The Morgan fingerprint density at radius 3 is 2.42 bits per heavy atom. The van der Waals surface area contributed by atoms with Gasteiger partial charge in [-0.25, -0.2) is 0 Å². The third-order valence-electron chi connectivity index (χ3n) is 5.42. The summed E-state index contributed by atoms with van der Waals surface area (Å²) in [6, 6.07) is 0.598. The van der Waals surface area contributed by atoms with Crippen molar-refractivity contribution in [3.05, 3.63) is 0 Å². The van der Waals surface area contributed by atoms with Crippen LogP contribution in [-0.4, -0.2) is 37.6 Å². The Hall–Kier alpha value is -0.0800. The lowest BCUT2D eigenvalue weighted by Gasteiger charge is -2.36. The average molecular weight is 266 g/mol. The Balaban J connectivity index is 1.80. The van der Waals surface area contributed by atoms with E-state index in [9.17, 15) is 0 Å². The molecule has 0 radical (unpaired) electrons. The molecule has 0 heterocycles. The summed E-state index contributed by atoms with van der Waals surface area (Å²) in [5.74, 6) is 3.13. The van der Waals surface area contributed by atoms with Crippen LogP contribution in [0, 0.1) is 23.2 Å². The highest BCUT2D eigenvalue weighted by atomic mass is 15.1. The van der Waals surface area contributed by atoms with E-state index in [0.29, 0.717) is 11.5 Å². The molecular weight excluding hydrogens is 232 g/mol. The number of rotatable bonds is 6. The van der Waals surface area contributed by atoms with Gasteiger partial charge < -0.3 is 10.2 Å². The fourth-order valence-electron chi connectivity index (χ4n) is 4.28. The van der Waals surface area contributed by atoms with Crippen LogP contribution in [0.4, 0.5) is 0 Å². The van der Waals surface area contributed by atoms with E-state index in [2.05, 4.69) is 45.0 Å². The van der Waals surface area contributed by atoms with E-state index in [1.165, 1.54) is 38.8 Å². The molecule has 0 saturated heterocycles. The second-order valence-corrected chi connectivity index (χ2v) is 8.13. The summed E-state index contributed by atoms with van der Waals surface area (Å²) < 4.78 is 0. The van der Waals surface area contributed by atoms with Crippen LogP contribution >= 0.6 is 0 Å². The number of nitrogens with zero attached hydrogens (tertiary/aromatic N) is 1. The SMILES string of the molecule is CCNC(CN(C)CC1CC2CCC1C2)C(C)(C)C. The lowest BCUT2D eigenvalue weighted by atomic mass is 9.85. The van der Waals surface area contributed by atoms with Gasteiger partial charge in [-0.1, -0.05) is 34.1 Å². The second-order valence-electron chi connectivity index (χ2n) is 8.13. The lowest BCUT2D eigenvalue weighted by Crippen LogP contribution is -2.48. The largest absolute Gasteiger partial charge is 0.312 e. The summed E-state index contributed by atoms with van der Waals surface area (Å²) in [6.45, 7) is 12.9. The smallest absolute Gasteiger partial charge is 0.0243 e. The lowest BCUT2D eigenvalue weighted by molar-refractivity contribution is 0.162. The van der Waals surface area contributed by atoms with Gasteiger partial charge in [0.15, 0.2) is 0 Å². The van der Waals surface area contributed by atoms with Crippen LogP contribution in [0.15, 0.2) is 0 Å². The van der Waals surface area contributed by atoms with Gasteiger partial charge in [0.2, 0.25) is 0 Å². The van der Waals surface area contributed by atoms with Crippen molar-refractivity contribution in [3.8, 4) is 0 Å². The first-order chi connectivity index (χ1) is 8.90. The molecule has 4 atom stereocenters. The van der Waals surface area contributed by atoms with Gasteiger partial charge in [-0.2, -0.15) is 0 Å². The molecule has 0 amide bonds. The topological polar surface area (TPSA) is 15.3 Å². The maximum absolute atomic E-state index is 3.67. The summed E-state index contributed by atoms with van der Waals surface area (Å²) in [5, 5.41) is 3.67. The second kappa shape index (κ2) is 6.13. The predicted octanol–water partition coefficient (Wildman–Crippen LogP) is 3.38. The van der Waals surface area contributed by atoms with Gasteiger partial charge in [-0.3, -0.25) is 0 Å². The van der Waals surface area contributed by atoms with Crippen LogP contribution in [0.25, 0.3) is 0 Å². The van der Waals surface area contributed by atoms with Gasteiger partial charge in [-0.15, -0.1) is 0 Å². The molecule has 2 aliphatic rings. The van der Waals surface area contributed by atoms with Gasteiger partial charge in [0, 0.05) is 19.1 Å². The van der Waals surface area contributed by atoms with Crippen LogP contribution in [0.1, 0.15) is 53.4 Å². The average Bonchev–Trinajstić information content (AvgIpc) is 2.89. The molecule has 2 fully saturated rings. The fraction of sp³-hybridized carbons (Fsp3) is 1.00. The molecule has 0 aliphatic heterocycles. The van der Waals surface area contributed by atoms with E-state index < -0.39 is 0 Å². The number of hydrogen-bond donors (Lipinski definition) is 1.